The van der Waals surface area contributed by atoms with E-state index in [0.717, 1.165) is 25.3 Å². The Balaban J connectivity index is 1.65. The molecular formula is C16H24N2O2. The summed E-state index contributed by atoms with van der Waals surface area (Å²) < 4.78 is 5.59. The van der Waals surface area contributed by atoms with Gasteiger partial charge in [0.15, 0.2) is 0 Å². The zero-order chi connectivity index (χ0) is 14.4. The lowest BCUT2D eigenvalue weighted by molar-refractivity contribution is 0.168. The molecule has 20 heavy (non-hydrogen) atoms. The molecule has 1 aliphatic rings. The van der Waals surface area contributed by atoms with Gasteiger partial charge in [-0.25, -0.2) is 4.79 Å². The molecule has 1 fully saturated rings. The number of ether oxygens (including phenoxy) is 1. The summed E-state index contributed by atoms with van der Waals surface area (Å²) in [6.45, 7) is 7.01. The highest BCUT2D eigenvalue weighted by Gasteiger charge is 2.20. The maximum atomic E-state index is 12.0. The van der Waals surface area contributed by atoms with Gasteiger partial charge in [0.2, 0.25) is 0 Å². The number of benzene rings is 1. The molecule has 1 heterocycles. The molecule has 1 atom stereocenters. The molecule has 0 radical (unpaired) electrons. The van der Waals surface area contributed by atoms with E-state index in [2.05, 4.69) is 12.2 Å². The number of hydrogen-bond donors (Lipinski definition) is 1. The number of nitrogens with one attached hydrogen (secondary N) is 1. The quantitative estimate of drug-likeness (QED) is 0.859. The first-order valence-electron chi connectivity index (χ1n) is 7.37. The topological polar surface area (TPSA) is 41.6 Å². The second-order valence-electron chi connectivity index (χ2n) is 5.59. The number of rotatable bonds is 4. The van der Waals surface area contributed by atoms with Crippen molar-refractivity contribution in [3.8, 4) is 5.75 Å². The summed E-state index contributed by atoms with van der Waals surface area (Å²) in [5.74, 6) is 1.45. The van der Waals surface area contributed by atoms with Gasteiger partial charge in [0, 0.05) is 13.1 Å². The zero-order valence-electron chi connectivity index (χ0n) is 12.4. The van der Waals surface area contributed by atoms with Crippen LogP contribution in [0.2, 0.25) is 0 Å². The summed E-state index contributed by atoms with van der Waals surface area (Å²) in [4.78, 5) is 13.9. The van der Waals surface area contributed by atoms with Crippen LogP contribution in [0, 0.1) is 12.8 Å². The highest BCUT2D eigenvalue weighted by atomic mass is 16.5. The molecule has 0 spiro atoms. The van der Waals surface area contributed by atoms with Gasteiger partial charge in [0.25, 0.3) is 0 Å². The minimum Gasteiger partial charge on any atom is -0.492 e. The molecule has 0 bridgehead atoms. The van der Waals surface area contributed by atoms with Crippen molar-refractivity contribution < 1.29 is 9.53 Å². The Morgan fingerprint density at radius 1 is 1.40 bits per heavy atom. The van der Waals surface area contributed by atoms with Gasteiger partial charge in [0.05, 0.1) is 6.54 Å². The first-order chi connectivity index (χ1) is 9.65. The van der Waals surface area contributed by atoms with Gasteiger partial charge < -0.3 is 15.0 Å². The van der Waals surface area contributed by atoms with Crippen molar-refractivity contribution in [2.75, 3.05) is 26.2 Å². The fourth-order valence-corrected chi connectivity index (χ4v) is 2.45. The number of hydrogen-bond acceptors (Lipinski definition) is 2. The van der Waals surface area contributed by atoms with Crippen LogP contribution in [-0.4, -0.2) is 37.2 Å². The number of nitrogens with zero attached hydrogens (tertiary/aromatic N) is 1. The van der Waals surface area contributed by atoms with E-state index in [-0.39, 0.29) is 6.03 Å². The molecule has 1 aromatic carbocycles. The highest BCUT2D eigenvalue weighted by molar-refractivity contribution is 5.74. The van der Waals surface area contributed by atoms with Gasteiger partial charge in [-0.05, 0) is 37.8 Å². The average Bonchev–Trinajstić information content (AvgIpc) is 2.45. The van der Waals surface area contributed by atoms with Crippen LogP contribution in [0.3, 0.4) is 0 Å². The zero-order valence-corrected chi connectivity index (χ0v) is 12.4. The maximum absolute atomic E-state index is 12.0. The highest BCUT2D eigenvalue weighted by Crippen LogP contribution is 2.15. The van der Waals surface area contributed by atoms with Gasteiger partial charge in [-0.1, -0.05) is 24.6 Å². The van der Waals surface area contributed by atoms with E-state index in [0.29, 0.717) is 19.1 Å². The molecule has 4 heteroatoms. The Morgan fingerprint density at radius 3 is 2.85 bits per heavy atom. The second kappa shape index (κ2) is 7.17. The molecule has 0 aliphatic carbocycles. The van der Waals surface area contributed by atoms with E-state index in [1.807, 2.05) is 36.1 Å². The molecule has 4 nitrogen and oxygen atoms in total. The summed E-state index contributed by atoms with van der Waals surface area (Å²) >= 11 is 0. The minimum absolute atomic E-state index is 0.0315. The number of amides is 2. The van der Waals surface area contributed by atoms with E-state index in [4.69, 9.17) is 4.74 Å². The Bertz CT molecular complexity index is 431. The smallest absolute Gasteiger partial charge is 0.317 e. The monoisotopic (exact) mass is 276 g/mol. The van der Waals surface area contributed by atoms with E-state index >= 15 is 0 Å². The summed E-state index contributed by atoms with van der Waals surface area (Å²) in [7, 11) is 0. The molecule has 0 saturated carbocycles. The molecule has 2 amide bonds. The van der Waals surface area contributed by atoms with Gasteiger partial charge in [0.1, 0.15) is 12.4 Å². The third-order valence-corrected chi connectivity index (χ3v) is 3.61. The number of carbonyl (C=O) groups is 1. The molecule has 1 unspecified atom stereocenters. The molecule has 1 aromatic rings. The summed E-state index contributed by atoms with van der Waals surface area (Å²) in [6.07, 6.45) is 2.33. The standard InChI is InChI=1S/C16H24N2O2/c1-13-5-7-15(8-6-13)20-11-9-17-16(19)18-10-3-4-14(2)12-18/h5-8,14H,3-4,9-12H2,1-2H3,(H,17,19). The average molecular weight is 276 g/mol. The van der Waals surface area contributed by atoms with Crippen molar-refractivity contribution in [1.29, 1.82) is 0 Å². The van der Waals surface area contributed by atoms with Crippen LogP contribution in [0.1, 0.15) is 25.3 Å². The van der Waals surface area contributed by atoms with Crippen LogP contribution in [0.5, 0.6) is 5.75 Å². The fourth-order valence-electron chi connectivity index (χ4n) is 2.45. The van der Waals surface area contributed by atoms with Gasteiger partial charge in [-0.2, -0.15) is 0 Å². The number of carbonyl (C=O) groups excluding carboxylic acids is 1. The SMILES string of the molecule is Cc1ccc(OCCNC(=O)N2CCCC(C)C2)cc1. The molecular weight excluding hydrogens is 252 g/mol. The molecule has 0 aromatic heterocycles. The van der Waals surface area contributed by atoms with Crippen molar-refractivity contribution >= 4 is 6.03 Å². The third kappa shape index (κ3) is 4.44. The van der Waals surface area contributed by atoms with Crippen LogP contribution in [-0.2, 0) is 0 Å². The molecule has 1 saturated heterocycles. The van der Waals surface area contributed by atoms with E-state index in [1.54, 1.807) is 0 Å². The van der Waals surface area contributed by atoms with Crippen molar-refractivity contribution in [3.63, 3.8) is 0 Å². The van der Waals surface area contributed by atoms with Crippen LogP contribution in [0.25, 0.3) is 0 Å². The summed E-state index contributed by atoms with van der Waals surface area (Å²) in [5.41, 5.74) is 1.21. The fraction of sp³-hybridized carbons (Fsp3) is 0.562. The molecule has 110 valence electrons. The van der Waals surface area contributed by atoms with Gasteiger partial charge in [-0.3, -0.25) is 0 Å². The number of aryl methyl sites for hydroxylation is 1. The van der Waals surface area contributed by atoms with Crippen LogP contribution >= 0.6 is 0 Å². The maximum Gasteiger partial charge on any atom is 0.317 e. The first kappa shape index (κ1) is 14.7. The van der Waals surface area contributed by atoms with Crippen molar-refractivity contribution in [1.82, 2.24) is 10.2 Å². The lowest BCUT2D eigenvalue weighted by Gasteiger charge is -2.30. The summed E-state index contributed by atoms with van der Waals surface area (Å²) in [6, 6.07) is 7.96. The second-order valence-corrected chi connectivity index (χ2v) is 5.59. The minimum atomic E-state index is 0.0315. The number of likely N-dealkylation sites (tertiary alicyclic amines) is 1. The lowest BCUT2D eigenvalue weighted by Crippen LogP contribution is -2.45. The summed E-state index contributed by atoms with van der Waals surface area (Å²) in [5, 5.41) is 2.92. The molecule has 1 N–H and O–H groups in total. The lowest BCUT2D eigenvalue weighted by atomic mass is 10.0. The van der Waals surface area contributed by atoms with Crippen LogP contribution in [0.15, 0.2) is 24.3 Å². The third-order valence-electron chi connectivity index (χ3n) is 3.61. The van der Waals surface area contributed by atoms with E-state index < -0.39 is 0 Å². The van der Waals surface area contributed by atoms with Crippen molar-refractivity contribution in [3.05, 3.63) is 29.8 Å². The Morgan fingerprint density at radius 2 is 2.15 bits per heavy atom. The van der Waals surface area contributed by atoms with Crippen LogP contribution < -0.4 is 10.1 Å². The normalized spacial score (nSPS) is 18.7. The van der Waals surface area contributed by atoms with Crippen molar-refractivity contribution in [2.24, 2.45) is 5.92 Å². The van der Waals surface area contributed by atoms with Crippen molar-refractivity contribution in [2.45, 2.75) is 26.7 Å². The Hall–Kier alpha value is -1.71. The predicted molar refractivity (Wildman–Crippen MR) is 80.0 cm³/mol. The molecule has 1 aliphatic heterocycles. The van der Waals surface area contributed by atoms with Crippen LogP contribution in [0.4, 0.5) is 4.79 Å². The van der Waals surface area contributed by atoms with Gasteiger partial charge in [-0.15, -0.1) is 0 Å². The first-order valence-corrected chi connectivity index (χ1v) is 7.37. The number of piperidine rings is 1. The predicted octanol–water partition coefficient (Wildman–Crippen LogP) is 2.82. The largest absolute Gasteiger partial charge is 0.492 e. The van der Waals surface area contributed by atoms with E-state index in [9.17, 15) is 4.79 Å². The van der Waals surface area contributed by atoms with Gasteiger partial charge >= 0.3 is 6.03 Å². The molecule has 2 rings (SSSR count). The Labute approximate surface area is 121 Å². The Kier molecular flexibility index (Phi) is 5.27. The number of urea groups is 1. The van der Waals surface area contributed by atoms with E-state index in [1.165, 1.54) is 12.0 Å².